The zero-order chi connectivity index (χ0) is 20.2. The van der Waals surface area contributed by atoms with Gasteiger partial charge < -0.3 is 15.2 Å². The molecule has 0 unspecified atom stereocenters. The average Bonchev–Trinajstić information content (AvgIpc) is 2.60. The summed E-state index contributed by atoms with van der Waals surface area (Å²) in [6, 6.07) is 8.93. The smallest absolute Gasteiger partial charge is 0.407 e. The number of hydrogen-bond donors (Lipinski definition) is 2. The molecule has 0 saturated carbocycles. The molecule has 2 N–H and O–H groups in total. The van der Waals surface area contributed by atoms with Crippen LogP contribution in [0.1, 0.15) is 12.5 Å². The molecule has 0 aromatic heterocycles. The van der Waals surface area contributed by atoms with E-state index < -0.39 is 35.5 Å². The molecule has 1 atom stereocenters. The van der Waals surface area contributed by atoms with Crippen molar-refractivity contribution in [3.63, 3.8) is 0 Å². The number of amides is 1. The van der Waals surface area contributed by atoms with Crippen LogP contribution in [-0.4, -0.2) is 23.2 Å². The molecule has 0 aliphatic rings. The minimum Gasteiger partial charge on any atom is -0.490 e. The second-order valence-corrected chi connectivity index (χ2v) is 6.25. The Morgan fingerprint density at radius 1 is 1.26 bits per heavy atom. The second-order valence-electron chi connectivity index (χ2n) is 5.81. The summed E-state index contributed by atoms with van der Waals surface area (Å²) in [5.74, 6) is -0.603. The van der Waals surface area contributed by atoms with Gasteiger partial charge in [-0.25, -0.2) is 4.85 Å². The number of carbonyl (C=O) groups is 1. The van der Waals surface area contributed by atoms with Gasteiger partial charge in [0.2, 0.25) is 0 Å². The summed E-state index contributed by atoms with van der Waals surface area (Å²) in [7, 11) is 0. The predicted molar refractivity (Wildman–Crippen MR) is 93.9 cm³/mol. The van der Waals surface area contributed by atoms with Crippen molar-refractivity contribution in [1.82, 2.24) is 0 Å². The predicted octanol–water partition coefficient (Wildman–Crippen LogP) is 4.68. The van der Waals surface area contributed by atoms with E-state index in [4.69, 9.17) is 22.9 Å². The molecule has 0 radical (unpaired) electrons. The first-order valence-corrected chi connectivity index (χ1v) is 7.91. The van der Waals surface area contributed by atoms with Gasteiger partial charge in [-0.1, -0.05) is 17.7 Å². The lowest BCUT2D eigenvalue weighted by Crippen LogP contribution is -2.45. The van der Waals surface area contributed by atoms with Gasteiger partial charge in [-0.05, 0) is 43.3 Å². The maximum Gasteiger partial charge on any atom is 0.407 e. The van der Waals surface area contributed by atoms with E-state index in [1.165, 1.54) is 12.1 Å². The Labute approximate surface area is 158 Å². The minimum atomic E-state index is -4.75. The highest BCUT2D eigenvalue weighted by Crippen LogP contribution is 2.38. The number of ether oxygens (including phenoxy) is 1. The first-order chi connectivity index (χ1) is 12.5. The number of aliphatic hydroxyl groups is 1. The zero-order valence-corrected chi connectivity index (χ0v) is 14.7. The lowest BCUT2D eigenvalue weighted by molar-refractivity contribution is -0.137. The number of alkyl halides is 3. The van der Waals surface area contributed by atoms with Crippen LogP contribution < -0.4 is 10.1 Å². The SMILES string of the molecule is [C-]#[N+]c1ccc(NC(=O)[C@@](C)(O)COc2ccc(Cl)cc2)cc1C(F)(F)F. The van der Waals surface area contributed by atoms with Gasteiger partial charge >= 0.3 is 6.18 Å². The van der Waals surface area contributed by atoms with Crippen molar-refractivity contribution in [3.8, 4) is 5.75 Å². The minimum absolute atomic E-state index is 0.202. The largest absolute Gasteiger partial charge is 0.490 e. The number of benzene rings is 2. The Hall–Kier alpha value is -2.76. The molecule has 0 saturated heterocycles. The summed E-state index contributed by atoms with van der Waals surface area (Å²) < 4.78 is 44.3. The van der Waals surface area contributed by atoms with E-state index in [1.54, 1.807) is 12.1 Å². The standard InChI is InChI=1S/C18H14ClF3N2O3/c1-17(26,10-27-13-6-3-11(19)4-7-13)16(25)24-12-5-8-15(23-2)14(9-12)18(20,21)22/h3-9,26H,10H2,1H3,(H,24,25)/t17-/m0/s1. The van der Waals surface area contributed by atoms with E-state index in [9.17, 15) is 23.1 Å². The fraction of sp³-hybridized carbons (Fsp3) is 0.222. The lowest BCUT2D eigenvalue weighted by Gasteiger charge is -2.23. The maximum atomic E-state index is 13.0. The molecule has 0 aliphatic heterocycles. The number of hydrogen-bond acceptors (Lipinski definition) is 3. The summed E-state index contributed by atoms with van der Waals surface area (Å²) in [6.07, 6.45) is -4.75. The van der Waals surface area contributed by atoms with Gasteiger partial charge in [0.15, 0.2) is 11.3 Å². The Kier molecular flexibility index (Phi) is 5.98. The quantitative estimate of drug-likeness (QED) is 0.719. The molecule has 0 fully saturated rings. The van der Waals surface area contributed by atoms with Crippen molar-refractivity contribution in [2.24, 2.45) is 0 Å². The topological polar surface area (TPSA) is 62.9 Å². The number of rotatable bonds is 5. The molecule has 0 spiro atoms. The monoisotopic (exact) mass is 398 g/mol. The number of anilines is 1. The number of nitrogens with zero attached hydrogens (tertiary/aromatic N) is 1. The highest BCUT2D eigenvalue weighted by atomic mass is 35.5. The third-order valence-electron chi connectivity index (χ3n) is 3.50. The van der Waals surface area contributed by atoms with Crippen molar-refractivity contribution in [2.75, 3.05) is 11.9 Å². The van der Waals surface area contributed by atoms with Gasteiger partial charge in [-0.3, -0.25) is 4.79 Å². The molecule has 2 aromatic rings. The summed E-state index contributed by atoms with van der Waals surface area (Å²) in [6.45, 7) is 7.52. The third-order valence-corrected chi connectivity index (χ3v) is 3.75. The summed E-state index contributed by atoms with van der Waals surface area (Å²) in [5, 5.41) is 12.9. The second kappa shape index (κ2) is 7.86. The molecule has 2 rings (SSSR count). The van der Waals surface area contributed by atoms with Gasteiger partial charge in [0, 0.05) is 10.7 Å². The zero-order valence-electron chi connectivity index (χ0n) is 14.0. The van der Waals surface area contributed by atoms with Gasteiger partial charge in [0.1, 0.15) is 12.4 Å². The maximum absolute atomic E-state index is 13.0. The number of carbonyl (C=O) groups excluding carboxylic acids is 1. The van der Waals surface area contributed by atoms with E-state index in [0.29, 0.717) is 16.8 Å². The Bertz CT molecular complexity index is 875. The molecule has 0 bridgehead atoms. The van der Waals surface area contributed by atoms with Crippen molar-refractivity contribution in [1.29, 1.82) is 0 Å². The van der Waals surface area contributed by atoms with E-state index >= 15 is 0 Å². The summed E-state index contributed by atoms with van der Waals surface area (Å²) in [5.41, 5.74) is -3.98. The van der Waals surface area contributed by atoms with E-state index in [-0.39, 0.29) is 5.69 Å². The molecule has 142 valence electrons. The molecule has 27 heavy (non-hydrogen) atoms. The van der Waals surface area contributed by atoms with Gasteiger partial charge in [0.05, 0.1) is 12.1 Å². The van der Waals surface area contributed by atoms with Crippen LogP contribution in [0, 0.1) is 6.57 Å². The fourth-order valence-electron chi connectivity index (χ4n) is 2.02. The molecular formula is C18H14ClF3N2O3. The van der Waals surface area contributed by atoms with Crippen molar-refractivity contribution in [2.45, 2.75) is 18.7 Å². The van der Waals surface area contributed by atoms with Crippen molar-refractivity contribution >= 4 is 28.9 Å². The van der Waals surface area contributed by atoms with Crippen LogP contribution in [0.25, 0.3) is 4.85 Å². The van der Waals surface area contributed by atoms with Gasteiger partial charge in [-0.15, -0.1) is 0 Å². The van der Waals surface area contributed by atoms with Crippen LogP contribution in [0.2, 0.25) is 5.02 Å². The van der Waals surface area contributed by atoms with Crippen LogP contribution in [0.4, 0.5) is 24.5 Å². The Morgan fingerprint density at radius 2 is 1.89 bits per heavy atom. The third kappa shape index (κ3) is 5.36. The van der Waals surface area contributed by atoms with E-state index in [0.717, 1.165) is 19.1 Å². The van der Waals surface area contributed by atoms with Crippen LogP contribution >= 0.6 is 11.6 Å². The highest BCUT2D eigenvalue weighted by Gasteiger charge is 2.35. The molecule has 0 heterocycles. The molecular weight excluding hydrogens is 385 g/mol. The summed E-state index contributed by atoms with van der Waals surface area (Å²) in [4.78, 5) is 15.0. The highest BCUT2D eigenvalue weighted by molar-refractivity contribution is 6.30. The average molecular weight is 399 g/mol. The van der Waals surface area contributed by atoms with Crippen LogP contribution in [0.15, 0.2) is 42.5 Å². The Balaban J connectivity index is 2.11. The van der Waals surface area contributed by atoms with Crippen molar-refractivity contribution in [3.05, 3.63) is 64.5 Å². The lowest BCUT2D eigenvalue weighted by atomic mass is 10.1. The van der Waals surface area contributed by atoms with Crippen LogP contribution in [0.3, 0.4) is 0 Å². The molecule has 2 aromatic carbocycles. The molecule has 0 aliphatic carbocycles. The number of halogens is 4. The van der Waals surface area contributed by atoms with Crippen LogP contribution in [-0.2, 0) is 11.0 Å². The normalized spacial score (nSPS) is 13.4. The van der Waals surface area contributed by atoms with Gasteiger partial charge in [-0.2, -0.15) is 13.2 Å². The Morgan fingerprint density at radius 3 is 2.44 bits per heavy atom. The number of nitrogens with one attached hydrogen (secondary N) is 1. The fourth-order valence-corrected chi connectivity index (χ4v) is 2.15. The van der Waals surface area contributed by atoms with Gasteiger partial charge in [0.25, 0.3) is 5.91 Å². The van der Waals surface area contributed by atoms with E-state index in [1.807, 2.05) is 0 Å². The molecule has 1 amide bonds. The van der Waals surface area contributed by atoms with Crippen LogP contribution in [0.5, 0.6) is 5.75 Å². The summed E-state index contributed by atoms with van der Waals surface area (Å²) >= 11 is 5.74. The first-order valence-electron chi connectivity index (χ1n) is 7.54. The van der Waals surface area contributed by atoms with E-state index in [2.05, 4.69) is 10.2 Å². The first kappa shape index (κ1) is 20.6. The molecule has 9 heteroatoms. The molecule has 5 nitrogen and oxygen atoms in total. The van der Waals surface area contributed by atoms with Crippen molar-refractivity contribution < 1.29 is 27.8 Å².